The van der Waals surface area contributed by atoms with Crippen LogP contribution in [-0.2, 0) is 5.67 Å². The van der Waals surface area contributed by atoms with Crippen LogP contribution in [0, 0.1) is 0 Å². The van der Waals surface area contributed by atoms with Crippen molar-refractivity contribution >= 4 is 22.5 Å². The number of nitrogens with one attached hydrogen (secondary N) is 1. The van der Waals surface area contributed by atoms with Crippen LogP contribution in [-0.4, -0.2) is 10.2 Å². The monoisotopic (exact) mass is 282 g/mol. The molecular weight excluding hydrogens is 263 g/mol. The van der Waals surface area contributed by atoms with E-state index in [0.29, 0.717) is 23.4 Å². The van der Waals surface area contributed by atoms with E-state index in [1.165, 1.54) is 0 Å². The zero-order valence-corrected chi connectivity index (χ0v) is 12.6. The maximum Gasteiger partial charge on any atom is 0.138 e. The van der Waals surface area contributed by atoms with Crippen molar-refractivity contribution in [3.05, 3.63) is 28.4 Å². The van der Waals surface area contributed by atoms with Gasteiger partial charge in [-0.25, -0.2) is 4.39 Å². The van der Waals surface area contributed by atoms with Gasteiger partial charge < -0.3 is 0 Å². The van der Waals surface area contributed by atoms with Crippen molar-refractivity contribution in [2.75, 3.05) is 0 Å². The second-order valence-electron chi connectivity index (χ2n) is 5.10. The Balaban J connectivity index is 0.000000637. The number of H-pyrrole nitrogens is 1. The predicted molar refractivity (Wildman–Crippen MR) is 78.6 cm³/mol. The molecule has 1 aromatic heterocycles. The Hall–Kier alpha value is -1.09. The molecule has 0 amide bonds. The average Bonchev–Trinajstić information content (AvgIpc) is 2.95. The molecule has 3 rings (SSSR count). The van der Waals surface area contributed by atoms with E-state index >= 15 is 0 Å². The lowest BCUT2D eigenvalue weighted by atomic mass is 9.90. The highest BCUT2D eigenvalue weighted by Gasteiger charge is 2.48. The van der Waals surface area contributed by atoms with Gasteiger partial charge >= 0.3 is 0 Å². The molecule has 1 aromatic carbocycles. The SMILES string of the molecule is CC.CC(C)c1c(C2(F)CC2)c(Cl)cc2[nH]ncc12. The number of aromatic amines is 1. The van der Waals surface area contributed by atoms with Crippen LogP contribution in [0.25, 0.3) is 10.9 Å². The van der Waals surface area contributed by atoms with E-state index in [2.05, 4.69) is 24.0 Å². The number of benzene rings is 1. The molecule has 0 atom stereocenters. The Labute approximate surface area is 118 Å². The van der Waals surface area contributed by atoms with Gasteiger partial charge in [-0.05, 0) is 30.4 Å². The van der Waals surface area contributed by atoms with Crippen molar-refractivity contribution in [2.24, 2.45) is 0 Å². The molecule has 0 unspecified atom stereocenters. The number of fused-ring (bicyclic) bond motifs is 1. The molecule has 1 aliphatic carbocycles. The summed E-state index contributed by atoms with van der Waals surface area (Å²) in [5.74, 6) is 0.233. The summed E-state index contributed by atoms with van der Waals surface area (Å²) in [6.45, 7) is 8.13. The second-order valence-corrected chi connectivity index (χ2v) is 5.51. The van der Waals surface area contributed by atoms with Gasteiger partial charge in [0.2, 0.25) is 0 Å². The van der Waals surface area contributed by atoms with Gasteiger partial charge in [0.15, 0.2) is 0 Å². The van der Waals surface area contributed by atoms with E-state index in [0.717, 1.165) is 16.5 Å². The minimum atomic E-state index is -1.21. The molecule has 19 heavy (non-hydrogen) atoms. The van der Waals surface area contributed by atoms with Crippen LogP contribution >= 0.6 is 11.6 Å². The predicted octanol–water partition coefficient (Wildman–Crippen LogP) is 5.32. The number of nitrogens with zero attached hydrogens (tertiary/aromatic N) is 1. The first-order valence-electron chi connectivity index (χ1n) is 6.88. The van der Waals surface area contributed by atoms with Gasteiger partial charge in [0.25, 0.3) is 0 Å². The minimum absolute atomic E-state index is 0.233. The van der Waals surface area contributed by atoms with E-state index in [9.17, 15) is 4.39 Å². The molecule has 0 saturated heterocycles. The van der Waals surface area contributed by atoms with Crippen LogP contribution in [0.3, 0.4) is 0 Å². The third kappa shape index (κ3) is 2.36. The fourth-order valence-electron chi connectivity index (χ4n) is 2.50. The van der Waals surface area contributed by atoms with Gasteiger partial charge in [0.05, 0.1) is 11.7 Å². The highest BCUT2D eigenvalue weighted by atomic mass is 35.5. The fourth-order valence-corrected chi connectivity index (χ4v) is 2.88. The number of halogens is 2. The lowest BCUT2D eigenvalue weighted by Crippen LogP contribution is -2.06. The molecule has 0 radical (unpaired) electrons. The van der Waals surface area contributed by atoms with Crippen molar-refractivity contribution < 1.29 is 4.39 Å². The Morgan fingerprint density at radius 3 is 2.53 bits per heavy atom. The number of hydrogen-bond donors (Lipinski definition) is 1. The Morgan fingerprint density at radius 1 is 1.37 bits per heavy atom. The topological polar surface area (TPSA) is 28.7 Å². The normalized spacial score (nSPS) is 16.4. The van der Waals surface area contributed by atoms with E-state index in [1.54, 1.807) is 12.3 Å². The van der Waals surface area contributed by atoms with Gasteiger partial charge in [-0.3, -0.25) is 5.10 Å². The zero-order chi connectivity index (χ0) is 14.2. The molecule has 1 fully saturated rings. The summed E-state index contributed by atoms with van der Waals surface area (Å²) in [6.07, 6.45) is 2.92. The van der Waals surface area contributed by atoms with Crippen molar-refractivity contribution in [3.63, 3.8) is 0 Å². The quantitative estimate of drug-likeness (QED) is 0.793. The van der Waals surface area contributed by atoms with Gasteiger partial charge in [0.1, 0.15) is 5.67 Å². The van der Waals surface area contributed by atoms with Crippen LogP contribution in [0.15, 0.2) is 12.3 Å². The summed E-state index contributed by atoms with van der Waals surface area (Å²) < 4.78 is 14.4. The summed E-state index contributed by atoms with van der Waals surface area (Å²) in [5.41, 5.74) is 1.36. The summed E-state index contributed by atoms with van der Waals surface area (Å²) in [7, 11) is 0. The lowest BCUT2D eigenvalue weighted by molar-refractivity contribution is 0.315. The number of rotatable bonds is 2. The van der Waals surface area contributed by atoms with E-state index < -0.39 is 5.67 Å². The van der Waals surface area contributed by atoms with Crippen molar-refractivity contribution in [1.29, 1.82) is 0 Å². The summed E-state index contributed by atoms with van der Waals surface area (Å²) in [5, 5.41) is 8.43. The fraction of sp³-hybridized carbons (Fsp3) is 0.533. The molecule has 0 aliphatic heterocycles. The maximum atomic E-state index is 14.4. The molecule has 2 nitrogen and oxygen atoms in total. The number of alkyl halides is 1. The molecule has 1 N–H and O–H groups in total. The van der Waals surface area contributed by atoms with Gasteiger partial charge in [0, 0.05) is 16.0 Å². The smallest absolute Gasteiger partial charge is 0.138 e. The molecule has 0 spiro atoms. The lowest BCUT2D eigenvalue weighted by Gasteiger charge is -2.18. The molecule has 1 saturated carbocycles. The highest BCUT2D eigenvalue weighted by molar-refractivity contribution is 6.32. The van der Waals surface area contributed by atoms with Crippen LogP contribution < -0.4 is 0 Å². The third-order valence-electron chi connectivity index (χ3n) is 3.45. The molecule has 2 aromatic rings. The molecule has 1 heterocycles. The first-order valence-corrected chi connectivity index (χ1v) is 7.25. The van der Waals surface area contributed by atoms with Gasteiger partial charge in [-0.15, -0.1) is 0 Å². The van der Waals surface area contributed by atoms with Gasteiger partial charge in [-0.2, -0.15) is 5.10 Å². The summed E-state index contributed by atoms with van der Waals surface area (Å²) in [4.78, 5) is 0. The maximum absolute atomic E-state index is 14.4. The van der Waals surface area contributed by atoms with Crippen molar-refractivity contribution in [3.8, 4) is 0 Å². The Morgan fingerprint density at radius 2 is 2.00 bits per heavy atom. The minimum Gasteiger partial charge on any atom is -0.278 e. The van der Waals surface area contributed by atoms with Crippen molar-refractivity contribution in [1.82, 2.24) is 10.2 Å². The first kappa shape index (κ1) is 14.3. The van der Waals surface area contributed by atoms with Crippen LogP contribution in [0.2, 0.25) is 5.02 Å². The van der Waals surface area contributed by atoms with E-state index in [4.69, 9.17) is 11.6 Å². The molecule has 4 heteroatoms. The Bertz CT molecular complexity index is 585. The highest BCUT2D eigenvalue weighted by Crippen LogP contribution is 2.55. The number of aromatic nitrogens is 2. The molecule has 0 bridgehead atoms. The third-order valence-corrected chi connectivity index (χ3v) is 3.75. The first-order chi connectivity index (χ1) is 9.03. The molecular formula is C15H20ClFN2. The summed E-state index contributed by atoms with van der Waals surface area (Å²) >= 11 is 6.25. The largest absolute Gasteiger partial charge is 0.278 e. The van der Waals surface area contributed by atoms with Crippen molar-refractivity contribution in [2.45, 2.75) is 52.1 Å². The second kappa shape index (κ2) is 5.12. The van der Waals surface area contributed by atoms with E-state index in [-0.39, 0.29) is 5.92 Å². The molecule has 104 valence electrons. The van der Waals surface area contributed by atoms with Crippen LogP contribution in [0.5, 0.6) is 0 Å². The van der Waals surface area contributed by atoms with Crippen LogP contribution in [0.4, 0.5) is 4.39 Å². The average molecular weight is 283 g/mol. The molecule has 1 aliphatic rings. The van der Waals surface area contributed by atoms with Crippen LogP contribution in [0.1, 0.15) is 57.6 Å². The van der Waals surface area contributed by atoms with E-state index in [1.807, 2.05) is 13.8 Å². The van der Waals surface area contributed by atoms with Gasteiger partial charge in [-0.1, -0.05) is 39.3 Å². The summed E-state index contributed by atoms with van der Waals surface area (Å²) in [6, 6.07) is 1.78. The standard InChI is InChI=1S/C13H14ClFN2.C2H6/c1-7(2)11-8-6-16-17-10(8)5-9(14)12(11)13(15)3-4-13;1-2/h5-7H,3-4H2,1-2H3,(H,16,17);1-2H3. The zero-order valence-electron chi connectivity index (χ0n) is 11.8. The Kier molecular flexibility index (Phi) is 3.86. The number of hydrogen-bond acceptors (Lipinski definition) is 1.